The number of fused-ring (bicyclic) bond motifs is 1. The summed E-state index contributed by atoms with van der Waals surface area (Å²) < 4.78 is 5.49. The van der Waals surface area contributed by atoms with Crippen LogP contribution in [0, 0.1) is 12.8 Å². The Morgan fingerprint density at radius 2 is 1.88 bits per heavy atom. The van der Waals surface area contributed by atoms with E-state index < -0.39 is 0 Å². The lowest BCUT2D eigenvalue weighted by Gasteiger charge is -2.34. The second kappa shape index (κ2) is 7.03. The molecule has 4 rings (SSSR count). The Labute approximate surface area is 143 Å². The van der Waals surface area contributed by atoms with Gasteiger partial charge in [-0.2, -0.15) is 0 Å². The summed E-state index contributed by atoms with van der Waals surface area (Å²) in [6.07, 6.45) is 3.56. The van der Waals surface area contributed by atoms with Crippen LogP contribution in [0.15, 0.2) is 24.3 Å². The largest absolute Gasteiger partial charge is 0.381 e. The van der Waals surface area contributed by atoms with Gasteiger partial charge in [0.1, 0.15) is 5.82 Å². The highest BCUT2D eigenvalue weighted by molar-refractivity contribution is 5.76. The lowest BCUT2D eigenvalue weighted by Crippen LogP contribution is -2.41. The molecule has 1 unspecified atom stereocenters. The minimum absolute atomic E-state index is 0.496. The number of piperidine rings is 1. The standard InChI is InChI=1S/C19H26N4O/c1-14-19(22-18-5-3-2-4-17(18)20-14)21-16-6-9-23(10-7-16)12-15-8-11-24-13-15/h2-5,15-16H,6-13H2,1H3,(H,21,22). The van der Waals surface area contributed by atoms with Gasteiger partial charge in [-0.05, 0) is 44.2 Å². The van der Waals surface area contributed by atoms with Gasteiger partial charge >= 0.3 is 0 Å². The Morgan fingerprint density at radius 3 is 2.58 bits per heavy atom. The van der Waals surface area contributed by atoms with Crippen LogP contribution in [-0.4, -0.2) is 53.8 Å². The van der Waals surface area contributed by atoms with Crippen molar-refractivity contribution in [3.63, 3.8) is 0 Å². The monoisotopic (exact) mass is 326 g/mol. The second-order valence-corrected chi connectivity index (χ2v) is 7.10. The van der Waals surface area contributed by atoms with Crippen molar-refractivity contribution in [2.24, 2.45) is 5.92 Å². The minimum Gasteiger partial charge on any atom is -0.381 e. The van der Waals surface area contributed by atoms with E-state index in [4.69, 9.17) is 9.72 Å². The van der Waals surface area contributed by atoms with Crippen LogP contribution in [0.4, 0.5) is 5.82 Å². The molecule has 5 nitrogen and oxygen atoms in total. The normalized spacial score (nSPS) is 23.0. The molecule has 1 aromatic heterocycles. The number of aryl methyl sites for hydroxylation is 1. The van der Waals surface area contributed by atoms with Crippen molar-refractivity contribution in [3.05, 3.63) is 30.0 Å². The Hall–Kier alpha value is -1.72. The molecule has 1 atom stereocenters. The second-order valence-electron chi connectivity index (χ2n) is 7.10. The van der Waals surface area contributed by atoms with E-state index in [1.807, 2.05) is 31.2 Å². The molecule has 0 spiro atoms. The maximum Gasteiger partial charge on any atom is 0.148 e. The number of aromatic nitrogens is 2. The lowest BCUT2D eigenvalue weighted by atomic mass is 10.0. The van der Waals surface area contributed by atoms with Crippen LogP contribution in [0.3, 0.4) is 0 Å². The zero-order valence-electron chi connectivity index (χ0n) is 14.4. The summed E-state index contributed by atoms with van der Waals surface area (Å²) >= 11 is 0. The average molecular weight is 326 g/mol. The summed E-state index contributed by atoms with van der Waals surface area (Å²) in [7, 11) is 0. The zero-order chi connectivity index (χ0) is 16.4. The third-order valence-corrected chi connectivity index (χ3v) is 5.21. The number of anilines is 1. The maximum absolute atomic E-state index is 5.49. The Balaban J connectivity index is 1.35. The highest BCUT2D eigenvalue weighted by Gasteiger charge is 2.24. The molecule has 0 radical (unpaired) electrons. The molecule has 2 aromatic rings. The van der Waals surface area contributed by atoms with Crippen LogP contribution >= 0.6 is 0 Å². The number of ether oxygens (including phenoxy) is 1. The topological polar surface area (TPSA) is 50.3 Å². The number of hydrogen-bond acceptors (Lipinski definition) is 5. The molecule has 2 saturated heterocycles. The molecule has 0 saturated carbocycles. The fourth-order valence-electron chi connectivity index (χ4n) is 3.77. The molecule has 24 heavy (non-hydrogen) atoms. The number of nitrogens with one attached hydrogen (secondary N) is 1. The van der Waals surface area contributed by atoms with Gasteiger partial charge in [-0.15, -0.1) is 0 Å². The molecule has 0 aliphatic carbocycles. The molecule has 2 aliphatic heterocycles. The van der Waals surface area contributed by atoms with E-state index in [0.717, 1.165) is 54.8 Å². The average Bonchev–Trinajstić information content (AvgIpc) is 3.10. The van der Waals surface area contributed by atoms with Crippen LogP contribution in [-0.2, 0) is 4.74 Å². The third-order valence-electron chi connectivity index (χ3n) is 5.21. The molecule has 1 aromatic carbocycles. The van der Waals surface area contributed by atoms with E-state index in [9.17, 15) is 0 Å². The summed E-state index contributed by atoms with van der Waals surface area (Å²) in [4.78, 5) is 12.0. The van der Waals surface area contributed by atoms with Gasteiger partial charge < -0.3 is 15.0 Å². The Bertz CT molecular complexity index is 691. The highest BCUT2D eigenvalue weighted by Crippen LogP contribution is 2.22. The van der Waals surface area contributed by atoms with E-state index in [-0.39, 0.29) is 0 Å². The molecular weight excluding hydrogens is 300 g/mol. The van der Waals surface area contributed by atoms with Crippen molar-refractivity contribution in [1.29, 1.82) is 0 Å². The van der Waals surface area contributed by atoms with Crippen molar-refractivity contribution in [1.82, 2.24) is 14.9 Å². The van der Waals surface area contributed by atoms with Crippen LogP contribution in [0.25, 0.3) is 11.0 Å². The van der Waals surface area contributed by atoms with Crippen molar-refractivity contribution < 1.29 is 4.74 Å². The molecular formula is C19H26N4O. The molecule has 2 aliphatic rings. The van der Waals surface area contributed by atoms with Gasteiger partial charge in [0.05, 0.1) is 23.3 Å². The Kier molecular flexibility index (Phi) is 4.63. The number of para-hydroxylation sites is 2. The zero-order valence-corrected chi connectivity index (χ0v) is 14.4. The molecule has 0 amide bonds. The number of hydrogen-bond donors (Lipinski definition) is 1. The molecule has 5 heteroatoms. The van der Waals surface area contributed by atoms with Crippen LogP contribution in [0.5, 0.6) is 0 Å². The number of benzene rings is 1. The van der Waals surface area contributed by atoms with E-state index >= 15 is 0 Å². The van der Waals surface area contributed by atoms with Crippen LogP contribution in [0.2, 0.25) is 0 Å². The summed E-state index contributed by atoms with van der Waals surface area (Å²) in [6, 6.07) is 8.56. The van der Waals surface area contributed by atoms with Crippen molar-refractivity contribution >= 4 is 16.9 Å². The molecule has 3 heterocycles. The van der Waals surface area contributed by atoms with E-state index in [2.05, 4.69) is 15.2 Å². The number of likely N-dealkylation sites (tertiary alicyclic amines) is 1. The fraction of sp³-hybridized carbons (Fsp3) is 0.579. The number of rotatable bonds is 4. The van der Waals surface area contributed by atoms with E-state index in [1.54, 1.807) is 0 Å². The van der Waals surface area contributed by atoms with Crippen molar-refractivity contribution in [2.45, 2.75) is 32.2 Å². The van der Waals surface area contributed by atoms with Gasteiger partial charge in [0.2, 0.25) is 0 Å². The van der Waals surface area contributed by atoms with Crippen molar-refractivity contribution in [2.75, 3.05) is 38.2 Å². The maximum atomic E-state index is 5.49. The quantitative estimate of drug-likeness (QED) is 0.936. The van der Waals surface area contributed by atoms with Gasteiger partial charge in [0.25, 0.3) is 0 Å². The SMILES string of the molecule is Cc1nc2ccccc2nc1NC1CCN(CC2CCOC2)CC1. The Morgan fingerprint density at radius 1 is 1.12 bits per heavy atom. The first-order valence-corrected chi connectivity index (χ1v) is 9.08. The predicted molar refractivity (Wildman–Crippen MR) is 96.3 cm³/mol. The van der Waals surface area contributed by atoms with E-state index in [0.29, 0.717) is 6.04 Å². The molecule has 1 N–H and O–H groups in total. The summed E-state index contributed by atoms with van der Waals surface area (Å²) in [5, 5.41) is 3.63. The first-order chi connectivity index (χ1) is 11.8. The van der Waals surface area contributed by atoms with Gasteiger partial charge in [-0.1, -0.05) is 12.1 Å². The summed E-state index contributed by atoms with van der Waals surface area (Å²) in [5.41, 5.74) is 2.91. The van der Waals surface area contributed by atoms with Gasteiger partial charge in [0.15, 0.2) is 0 Å². The third kappa shape index (κ3) is 3.52. The summed E-state index contributed by atoms with van der Waals surface area (Å²) in [6.45, 7) is 7.45. The van der Waals surface area contributed by atoms with Crippen molar-refractivity contribution in [3.8, 4) is 0 Å². The number of nitrogens with zero attached hydrogens (tertiary/aromatic N) is 3. The molecule has 2 fully saturated rings. The smallest absolute Gasteiger partial charge is 0.148 e. The molecule has 128 valence electrons. The predicted octanol–water partition coefficient (Wildman–Crippen LogP) is 2.85. The molecule has 0 bridgehead atoms. The van der Waals surface area contributed by atoms with Crippen LogP contribution < -0.4 is 5.32 Å². The van der Waals surface area contributed by atoms with Gasteiger partial charge in [-0.3, -0.25) is 0 Å². The van der Waals surface area contributed by atoms with E-state index in [1.165, 1.54) is 25.8 Å². The summed E-state index contributed by atoms with van der Waals surface area (Å²) in [5.74, 6) is 1.68. The lowest BCUT2D eigenvalue weighted by molar-refractivity contribution is 0.154. The fourth-order valence-corrected chi connectivity index (χ4v) is 3.77. The minimum atomic E-state index is 0.496. The van der Waals surface area contributed by atoms with Crippen LogP contribution in [0.1, 0.15) is 25.0 Å². The first kappa shape index (κ1) is 15.8. The first-order valence-electron chi connectivity index (χ1n) is 9.08. The van der Waals surface area contributed by atoms with Gasteiger partial charge in [0, 0.05) is 32.3 Å². The van der Waals surface area contributed by atoms with Gasteiger partial charge in [-0.25, -0.2) is 9.97 Å². The highest BCUT2D eigenvalue weighted by atomic mass is 16.5.